The van der Waals surface area contributed by atoms with Crippen LogP contribution in [0.1, 0.15) is 38.4 Å². The number of rotatable bonds is 7. The number of aryl methyl sites for hydroxylation is 1. The highest BCUT2D eigenvalue weighted by molar-refractivity contribution is 5.64. The zero-order chi connectivity index (χ0) is 12.8. The molecule has 1 heterocycles. The molecule has 5 nitrogen and oxygen atoms in total. The molecule has 0 bridgehead atoms. The van der Waals surface area contributed by atoms with Gasteiger partial charge < -0.3 is 15.8 Å². The van der Waals surface area contributed by atoms with E-state index in [0.717, 1.165) is 43.2 Å². The average molecular weight is 240 g/mol. The minimum absolute atomic E-state index is 0.312. The largest absolute Gasteiger partial charge is 0.394 e. The van der Waals surface area contributed by atoms with E-state index in [-0.39, 0.29) is 0 Å². The quantitative estimate of drug-likeness (QED) is 0.717. The summed E-state index contributed by atoms with van der Waals surface area (Å²) in [4.78, 5) is 0. The van der Waals surface area contributed by atoms with Gasteiger partial charge >= 0.3 is 0 Å². The third-order valence-corrected chi connectivity index (χ3v) is 2.69. The molecule has 0 atom stereocenters. The number of anilines is 2. The molecule has 0 aromatic carbocycles. The Morgan fingerprint density at radius 2 is 2.12 bits per heavy atom. The summed E-state index contributed by atoms with van der Waals surface area (Å²) in [6.45, 7) is 7.83. The number of unbranched alkanes of at least 4 members (excludes halogenated alkanes) is 1. The van der Waals surface area contributed by atoms with E-state index in [4.69, 9.17) is 10.5 Å². The number of nitrogens with two attached hydrogens (primary N) is 1. The standard InChI is InChI=1S/C12H24N4O/c1-9(2)16-12(11(13)10(3)15-16)14-7-5-6-8-17-4/h9,14H,5-8,13H2,1-4H3. The van der Waals surface area contributed by atoms with Crippen molar-refractivity contribution in [3.63, 3.8) is 0 Å². The molecule has 0 aliphatic rings. The Labute approximate surface area is 103 Å². The number of nitrogens with zero attached hydrogens (tertiary/aromatic N) is 2. The van der Waals surface area contributed by atoms with Gasteiger partial charge in [0, 0.05) is 26.3 Å². The van der Waals surface area contributed by atoms with Crippen molar-refractivity contribution in [2.45, 2.75) is 39.7 Å². The van der Waals surface area contributed by atoms with Gasteiger partial charge in [-0.1, -0.05) is 0 Å². The molecule has 0 aliphatic heterocycles. The fourth-order valence-electron chi connectivity index (χ4n) is 1.69. The Morgan fingerprint density at radius 1 is 1.41 bits per heavy atom. The molecule has 17 heavy (non-hydrogen) atoms. The number of nitrogen functional groups attached to an aromatic ring is 1. The van der Waals surface area contributed by atoms with Crippen LogP contribution in [-0.4, -0.2) is 30.0 Å². The van der Waals surface area contributed by atoms with E-state index in [2.05, 4.69) is 24.3 Å². The van der Waals surface area contributed by atoms with Crippen LogP contribution in [0.3, 0.4) is 0 Å². The molecule has 1 rings (SSSR count). The third-order valence-electron chi connectivity index (χ3n) is 2.69. The van der Waals surface area contributed by atoms with Crippen LogP contribution in [0.4, 0.5) is 11.5 Å². The maximum atomic E-state index is 6.01. The minimum Gasteiger partial charge on any atom is -0.394 e. The number of ether oxygens (including phenoxy) is 1. The fraction of sp³-hybridized carbons (Fsp3) is 0.750. The normalized spacial score (nSPS) is 11.1. The Bertz CT molecular complexity index is 347. The van der Waals surface area contributed by atoms with E-state index >= 15 is 0 Å². The van der Waals surface area contributed by atoms with E-state index < -0.39 is 0 Å². The summed E-state index contributed by atoms with van der Waals surface area (Å²) >= 11 is 0. The van der Waals surface area contributed by atoms with E-state index in [1.54, 1.807) is 7.11 Å². The van der Waals surface area contributed by atoms with Gasteiger partial charge in [0.1, 0.15) is 5.82 Å². The lowest BCUT2D eigenvalue weighted by molar-refractivity contribution is 0.193. The van der Waals surface area contributed by atoms with Crippen LogP contribution < -0.4 is 11.1 Å². The van der Waals surface area contributed by atoms with Crippen LogP contribution >= 0.6 is 0 Å². The second kappa shape index (κ2) is 6.49. The number of nitrogens with one attached hydrogen (secondary N) is 1. The number of methoxy groups -OCH3 is 1. The van der Waals surface area contributed by atoms with Crippen LogP contribution in [0, 0.1) is 6.92 Å². The Morgan fingerprint density at radius 3 is 2.71 bits per heavy atom. The summed E-state index contributed by atoms with van der Waals surface area (Å²) in [5, 5.41) is 7.79. The summed E-state index contributed by atoms with van der Waals surface area (Å²) in [7, 11) is 1.72. The van der Waals surface area contributed by atoms with Crippen LogP contribution in [0.15, 0.2) is 0 Å². The molecule has 0 amide bonds. The van der Waals surface area contributed by atoms with Crippen molar-refractivity contribution >= 4 is 11.5 Å². The highest BCUT2D eigenvalue weighted by Gasteiger charge is 2.13. The number of hydrogen-bond acceptors (Lipinski definition) is 4. The SMILES string of the molecule is COCCCCNc1c(N)c(C)nn1C(C)C. The van der Waals surface area contributed by atoms with Gasteiger partial charge in [-0.25, -0.2) is 4.68 Å². The maximum absolute atomic E-state index is 6.01. The summed E-state index contributed by atoms with van der Waals surface area (Å²) in [6, 6.07) is 0.312. The van der Waals surface area contributed by atoms with Crippen molar-refractivity contribution in [2.75, 3.05) is 31.3 Å². The van der Waals surface area contributed by atoms with Gasteiger partial charge in [-0.15, -0.1) is 0 Å². The van der Waals surface area contributed by atoms with E-state index in [9.17, 15) is 0 Å². The number of aromatic nitrogens is 2. The second-order valence-electron chi connectivity index (χ2n) is 4.51. The molecule has 0 fully saturated rings. The molecular formula is C12H24N4O. The van der Waals surface area contributed by atoms with Crippen LogP contribution in [-0.2, 0) is 4.74 Å². The molecule has 5 heteroatoms. The lowest BCUT2D eigenvalue weighted by Crippen LogP contribution is -2.12. The second-order valence-corrected chi connectivity index (χ2v) is 4.51. The highest BCUT2D eigenvalue weighted by Crippen LogP contribution is 2.25. The highest BCUT2D eigenvalue weighted by atomic mass is 16.5. The predicted molar refractivity (Wildman–Crippen MR) is 71.4 cm³/mol. The third kappa shape index (κ3) is 3.63. The molecule has 0 aliphatic carbocycles. The summed E-state index contributed by atoms with van der Waals surface area (Å²) in [5.41, 5.74) is 7.65. The Kier molecular flexibility index (Phi) is 5.28. The minimum atomic E-state index is 0.312. The molecule has 98 valence electrons. The topological polar surface area (TPSA) is 65.1 Å². The molecule has 0 unspecified atom stereocenters. The van der Waals surface area contributed by atoms with Crippen molar-refractivity contribution in [1.82, 2.24) is 9.78 Å². The monoisotopic (exact) mass is 240 g/mol. The zero-order valence-corrected chi connectivity index (χ0v) is 11.3. The van der Waals surface area contributed by atoms with Gasteiger partial charge in [0.15, 0.2) is 0 Å². The van der Waals surface area contributed by atoms with E-state index in [0.29, 0.717) is 6.04 Å². The fourth-order valence-corrected chi connectivity index (χ4v) is 1.69. The van der Waals surface area contributed by atoms with E-state index in [1.807, 2.05) is 11.6 Å². The first-order valence-electron chi connectivity index (χ1n) is 6.15. The van der Waals surface area contributed by atoms with Crippen molar-refractivity contribution < 1.29 is 4.74 Å². The molecule has 1 aromatic heterocycles. The van der Waals surface area contributed by atoms with Crippen LogP contribution in [0.25, 0.3) is 0 Å². The Hall–Kier alpha value is -1.23. The summed E-state index contributed by atoms with van der Waals surface area (Å²) in [5.74, 6) is 0.940. The maximum Gasteiger partial charge on any atom is 0.148 e. The van der Waals surface area contributed by atoms with Gasteiger partial charge in [0.2, 0.25) is 0 Å². The van der Waals surface area contributed by atoms with Crippen LogP contribution in [0.5, 0.6) is 0 Å². The van der Waals surface area contributed by atoms with Crippen molar-refractivity contribution in [1.29, 1.82) is 0 Å². The van der Waals surface area contributed by atoms with Crippen molar-refractivity contribution in [3.05, 3.63) is 5.69 Å². The van der Waals surface area contributed by atoms with Gasteiger partial charge in [-0.2, -0.15) is 5.10 Å². The molecule has 0 spiro atoms. The van der Waals surface area contributed by atoms with E-state index in [1.165, 1.54) is 0 Å². The molecule has 0 saturated heterocycles. The summed E-state index contributed by atoms with van der Waals surface area (Å²) in [6.07, 6.45) is 2.12. The smallest absolute Gasteiger partial charge is 0.148 e. The molecule has 0 radical (unpaired) electrons. The molecular weight excluding hydrogens is 216 g/mol. The first kappa shape index (κ1) is 13.8. The van der Waals surface area contributed by atoms with Gasteiger partial charge in [0.25, 0.3) is 0 Å². The summed E-state index contributed by atoms with van der Waals surface area (Å²) < 4.78 is 6.96. The average Bonchev–Trinajstić information content (AvgIpc) is 2.57. The van der Waals surface area contributed by atoms with Crippen molar-refractivity contribution in [2.24, 2.45) is 0 Å². The predicted octanol–water partition coefficient (Wildman–Crippen LogP) is 2.19. The molecule has 3 N–H and O–H groups in total. The van der Waals surface area contributed by atoms with Gasteiger partial charge in [-0.3, -0.25) is 0 Å². The first-order valence-corrected chi connectivity index (χ1v) is 6.15. The molecule has 1 aromatic rings. The van der Waals surface area contributed by atoms with Crippen LogP contribution in [0.2, 0.25) is 0 Å². The number of hydrogen-bond donors (Lipinski definition) is 2. The van der Waals surface area contributed by atoms with Gasteiger partial charge in [-0.05, 0) is 33.6 Å². The lowest BCUT2D eigenvalue weighted by Gasteiger charge is -2.13. The van der Waals surface area contributed by atoms with Crippen molar-refractivity contribution in [3.8, 4) is 0 Å². The first-order chi connectivity index (χ1) is 8.07. The lowest BCUT2D eigenvalue weighted by atomic mass is 10.3. The zero-order valence-electron chi connectivity index (χ0n) is 11.3. The van der Waals surface area contributed by atoms with Gasteiger partial charge in [0.05, 0.1) is 11.4 Å². The molecule has 0 saturated carbocycles. The Balaban J connectivity index is 2.57.